The van der Waals surface area contributed by atoms with Gasteiger partial charge in [-0.25, -0.2) is 9.97 Å². The van der Waals surface area contributed by atoms with E-state index in [1.165, 1.54) is 16.2 Å². The predicted octanol–water partition coefficient (Wildman–Crippen LogP) is 5.96. The molecule has 4 rings (SSSR count). The number of rotatable bonds is 8. The number of nitrogens with zero attached hydrogens (tertiary/aromatic N) is 4. The Kier molecular flexibility index (Phi) is 8.37. The van der Waals surface area contributed by atoms with Crippen molar-refractivity contribution in [3.8, 4) is 0 Å². The van der Waals surface area contributed by atoms with Crippen molar-refractivity contribution in [2.24, 2.45) is 0 Å². The number of fused-ring (bicyclic) bond motifs is 1. The molecule has 4 aromatic rings. The van der Waals surface area contributed by atoms with Crippen molar-refractivity contribution in [3.05, 3.63) is 71.8 Å². The van der Waals surface area contributed by atoms with Gasteiger partial charge < -0.3 is 4.57 Å². The Morgan fingerprint density at radius 1 is 1.23 bits per heavy atom. The molecule has 0 radical (unpaired) electrons. The summed E-state index contributed by atoms with van der Waals surface area (Å²) >= 11 is 9.50. The van der Waals surface area contributed by atoms with E-state index in [4.69, 9.17) is 11.6 Å². The van der Waals surface area contributed by atoms with Gasteiger partial charge in [-0.15, -0.1) is 24.2 Å². The molecule has 0 N–H and O–H groups in total. The third-order valence-corrected chi connectivity index (χ3v) is 6.85. The molecule has 5 nitrogen and oxygen atoms in total. The Hall–Kier alpha value is -2.06. The van der Waals surface area contributed by atoms with Gasteiger partial charge in [-0.2, -0.15) is 0 Å². The van der Waals surface area contributed by atoms with Gasteiger partial charge >= 0.3 is 0 Å². The van der Waals surface area contributed by atoms with Crippen molar-refractivity contribution in [1.82, 2.24) is 14.5 Å². The first-order valence-electron chi connectivity index (χ1n) is 9.58. The summed E-state index contributed by atoms with van der Waals surface area (Å²) in [5, 5.41) is 1.29. The molecule has 0 unspecified atom stereocenters. The van der Waals surface area contributed by atoms with E-state index in [1.54, 1.807) is 29.2 Å². The molecular formula is C22H22Cl2N4OS2. The van der Waals surface area contributed by atoms with E-state index >= 15 is 0 Å². The fourth-order valence-electron chi connectivity index (χ4n) is 3.19. The van der Waals surface area contributed by atoms with E-state index in [-0.39, 0.29) is 18.3 Å². The molecule has 1 amide bonds. The molecule has 0 bridgehead atoms. The molecule has 0 fully saturated rings. The molecule has 0 aliphatic carbocycles. The van der Waals surface area contributed by atoms with Crippen LogP contribution in [-0.4, -0.2) is 33.2 Å². The van der Waals surface area contributed by atoms with Crippen LogP contribution in [0.1, 0.15) is 12.0 Å². The number of thioether (sulfide) groups is 1. The Bertz CT molecular complexity index is 1130. The van der Waals surface area contributed by atoms with Gasteiger partial charge in [0.05, 0.1) is 22.5 Å². The van der Waals surface area contributed by atoms with E-state index in [2.05, 4.69) is 9.97 Å². The summed E-state index contributed by atoms with van der Waals surface area (Å²) in [5.74, 6) is 0.0349. The highest BCUT2D eigenvalue weighted by molar-refractivity contribution is 7.98. The van der Waals surface area contributed by atoms with Gasteiger partial charge in [0, 0.05) is 30.4 Å². The zero-order chi connectivity index (χ0) is 20.9. The molecular weight excluding hydrogens is 471 g/mol. The minimum Gasteiger partial charge on any atom is -0.337 e. The molecule has 0 saturated heterocycles. The van der Waals surface area contributed by atoms with Gasteiger partial charge in [-0.1, -0.05) is 41.1 Å². The molecule has 2 heterocycles. The third kappa shape index (κ3) is 5.80. The first-order chi connectivity index (χ1) is 14.6. The van der Waals surface area contributed by atoms with Crippen molar-refractivity contribution in [3.63, 3.8) is 0 Å². The van der Waals surface area contributed by atoms with Crippen molar-refractivity contribution < 1.29 is 4.79 Å². The summed E-state index contributed by atoms with van der Waals surface area (Å²) in [6.45, 7) is 1.37. The summed E-state index contributed by atoms with van der Waals surface area (Å²) in [5.41, 5.74) is 1.74. The highest BCUT2D eigenvalue weighted by Crippen LogP contribution is 2.33. The molecule has 0 aliphatic rings. The molecule has 2 aromatic heterocycles. The largest absolute Gasteiger partial charge is 0.337 e. The molecule has 2 aromatic carbocycles. The van der Waals surface area contributed by atoms with Gasteiger partial charge in [0.2, 0.25) is 5.91 Å². The predicted molar refractivity (Wildman–Crippen MR) is 133 cm³/mol. The number of imidazole rings is 1. The Morgan fingerprint density at radius 2 is 2.03 bits per heavy atom. The second-order valence-electron chi connectivity index (χ2n) is 6.81. The monoisotopic (exact) mass is 492 g/mol. The van der Waals surface area contributed by atoms with Crippen LogP contribution in [0.5, 0.6) is 0 Å². The first kappa shape index (κ1) is 23.6. The number of amides is 1. The normalized spacial score (nSPS) is 10.8. The molecule has 162 valence electrons. The second kappa shape index (κ2) is 11.0. The lowest BCUT2D eigenvalue weighted by Crippen LogP contribution is -2.33. The van der Waals surface area contributed by atoms with Gasteiger partial charge in [-0.05, 0) is 42.5 Å². The number of carbonyl (C=O) groups excluding carboxylic acids is 1. The average molecular weight is 493 g/mol. The fourth-order valence-corrected chi connectivity index (χ4v) is 4.91. The van der Waals surface area contributed by atoms with Crippen LogP contribution in [0.3, 0.4) is 0 Å². The zero-order valence-corrected chi connectivity index (χ0v) is 20.1. The second-order valence-corrected chi connectivity index (χ2v) is 9.10. The Morgan fingerprint density at radius 3 is 2.71 bits per heavy atom. The summed E-state index contributed by atoms with van der Waals surface area (Å²) in [4.78, 5) is 25.0. The molecule has 9 heteroatoms. The quantitative estimate of drug-likeness (QED) is 0.285. The number of aryl methyl sites for hydroxylation is 1. The van der Waals surface area contributed by atoms with Crippen LogP contribution in [0, 0.1) is 0 Å². The molecule has 0 saturated carbocycles. The van der Waals surface area contributed by atoms with E-state index in [0.717, 1.165) is 28.7 Å². The number of anilines is 1. The minimum atomic E-state index is 0. The zero-order valence-electron chi connectivity index (χ0n) is 16.9. The van der Waals surface area contributed by atoms with Crippen molar-refractivity contribution >= 4 is 68.4 Å². The topological polar surface area (TPSA) is 51.0 Å². The maximum Gasteiger partial charge on any atom is 0.233 e. The number of para-hydroxylation sites is 1. The number of hydrogen-bond acceptors (Lipinski definition) is 5. The van der Waals surface area contributed by atoms with Crippen molar-refractivity contribution in [2.75, 3.05) is 17.7 Å². The van der Waals surface area contributed by atoms with Crippen LogP contribution < -0.4 is 4.90 Å². The van der Waals surface area contributed by atoms with Gasteiger partial charge in [0.1, 0.15) is 5.52 Å². The average Bonchev–Trinajstić information content (AvgIpc) is 3.42. The SMILES string of the molecule is CSc1ccc(CC(=O)N(CCCn2ccnc2)c2nc3c(Cl)cccc3s2)cc1.Cl. The highest BCUT2D eigenvalue weighted by atomic mass is 35.5. The number of aromatic nitrogens is 3. The van der Waals surface area contributed by atoms with E-state index in [9.17, 15) is 4.79 Å². The molecule has 0 aliphatic heterocycles. The standard InChI is InChI=1S/C22H21ClN4OS2.ClH/c1-29-17-8-6-16(7-9-17)14-20(28)27(12-3-11-26-13-10-24-15-26)22-25-21-18(23)4-2-5-19(21)30-22;/h2,4-10,13,15H,3,11-12,14H2,1H3;1H. The molecule has 31 heavy (non-hydrogen) atoms. The van der Waals surface area contributed by atoms with E-state index in [0.29, 0.717) is 23.1 Å². The third-order valence-electron chi connectivity index (χ3n) is 4.76. The summed E-state index contributed by atoms with van der Waals surface area (Å²) in [7, 11) is 0. The fraction of sp³-hybridized carbons (Fsp3) is 0.227. The van der Waals surface area contributed by atoms with Crippen LogP contribution in [0.25, 0.3) is 10.2 Å². The highest BCUT2D eigenvalue weighted by Gasteiger charge is 2.20. The number of hydrogen-bond donors (Lipinski definition) is 0. The van der Waals surface area contributed by atoms with Gasteiger partial charge in [0.15, 0.2) is 5.13 Å². The Labute approximate surface area is 200 Å². The number of halogens is 2. The molecule has 0 atom stereocenters. The van der Waals surface area contributed by atoms with Gasteiger partial charge in [-0.3, -0.25) is 9.69 Å². The maximum absolute atomic E-state index is 13.3. The number of thiazole rings is 1. The van der Waals surface area contributed by atoms with Gasteiger partial charge in [0.25, 0.3) is 0 Å². The van der Waals surface area contributed by atoms with Crippen LogP contribution in [0.2, 0.25) is 5.02 Å². The maximum atomic E-state index is 13.3. The van der Waals surface area contributed by atoms with Crippen molar-refractivity contribution in [2.45, 2.75) is 24.3 Å². The smallest absolute Gasteiger partial charge is 0.233 e. The lowest BCUT2D eigenvalue weighted by Gasteiger charge is -2.20. The number of carbonyl (C=O) groups is 1. The van der Waals surface area contributed by atoms with Crippen LogP contribution in [0.15, 0.2) is 66.1 Å². The minimum absolute atomic E-state index is 0. The summed E-state index contributed by atoms with van der Waals surface area (Å²) < 4.78 is 2.99. The summed E-state index contributed by atoms with van der Waals surface area (Å²) in [6.07, 6.45) is 8.66. The summed E-state index contributed by atoms with van der Waals surface area (Å²) in [6, 6.07) is 13.8. The van der Waals surface area contributed by atoms with Crippen LogP contribution in [-0.2, 0) is 17.8 Å². The number of benzene rings is 2. The lowest BCUT2D eigenvalue weighted by molar-refractivity contribution is -0.118. The molecule has 0 spiro atoms. The van der Waals surface area contributed by atoms with E-state index in [1.807, 2.05) is 59.5 Å². The van der Waals surface area contributed by atoms with Crippen LogP contribution >= 0.6 is 47.1 Å². The lowest BCUT2D eigenvalue weighted by atomic mass is 10.1. The van der Waals surface area contributed by atoms with Crippen LogP contribution in [0.4, 0.5) is 5.13 Å². The van der Waals surface area contributed by atoms with Crippen molar-refractivity contribution in [1.29, 1.82) is 0 Å². The Balaban J connectivity index is 0.00000272. The first-order valence-corrected chi connectivity index (χ1v) is 12.0. The van der Waals surface area contributed by atoms with E-state index < -0.39 is 0 Å².